The highest BCUT2D eigenvalue weighted by Gasteiger charge is 2.26. The van der Waals surface area contributed by atoms with E-state index in [0.29, 0.717) is 35.5 Å². The number of aromatic nitrogens is 3. The van der Waals surface area contributed by atoms with Gasteiger partial charge in [-0.15, -0.1) is 11.3 Å². The van der Waals surface area contributed by atoms with Gasteiger partial charge in [0.15, 0.2) is 0 Å². The number of nitrogens with zero attached hydrogens (tertiary/aromatic N) is 4. The molecule has 2 aromatic carbocycles. The Labute approximate surface area is 184 Å². The second-order valence-electron chi connectivity index (χ2n) is 8.08. The van der Waals surface area contributed by atoms with Crippen molar-refractivity contribution in [1.82, 2.24) is 19.4 Å². The lowest BCUT2D eigenvalue weighted by Gasteiger charge is -2.31. The zero-order valence-electron chi connectivity index (χ0n) is 17.5. The first kappa shape index (κ1) is 19.9. The zero-order chi connectivity index (χ0) is 21.4. The summed E-state index contributed by atoms with van der Waals surface area (Å²) in [6.45, 7) is 1.51. The fraction of sp³-hybridized carbons (Fsp3) is 0.333. The van der Waals surface area contributed by atoms with E-state index in [0.717, 1.165) is 31.4 Å². The van der Waals surface area contributed by atoms with E-state index < -0.39 is 0 Å². The molecular formula is C24H24N4O2S. The molecular weight excluding hydrogens is 408 g/mol. The summed E-state index contributed by atoms with van der Waals surface area (Å²) in [4.78, 5) is 36.7. The van der Waals surface area contributed by atoms with Crippen LogP contribution in [0.1, 0.15) is 36.0 Å². The van der Waals surface area contributed by atoms with E-state index in [1.54, 1.807) is 29.0 Å². The normalized spacial score (nSPS) is 15.1. The number of aryl methyl sites for hydroxylation is 1. The lowest BCUT2D eigenvalue weighted by Crippen LogP contribution is -2.38. The van der Waals surface area contributed by atoms with E-state index >= 15 is 0 Å². The van der Waals surface area contributed by atoms with Crippen LogP contribution in [0.15, 0.2) is 53.3 Å². The van der Waals surface area contributed by atoms with Crippen molar-refractivity contribution in [2.75, 3.05) is 13.1 Å². The van der Waals surface area contributed by atoms with Crippen molar-refractivity contribution in [1.29, 1.82) is 0 Å². The number of piperidine rings is 1. The molecule has 0 atom stereocenters. The average molecular weight is 433 g/mol. The quantitative estimate of drug-likeness (QED) is 0.491. The number of hydrogen-bond donors (Lipinski definition) is 0. The summed E-state index contributed by atoms with van der Waals surface area (Å²) < 4.78 is 2.79. The highest BCUT2D eigenvalue weighted by atomic mass is 32.1. The Morgan fingerprint density at radius 3 is 2.52 bits per heavy atom. The summed E-state index contributed by atoms with van der Waals surface area (Å²) in [7, 11) is 1.73. The van der Waals surface area contributed by atoms with E-state index in [4.69, 9.17) is 4.98 Å². The standard InChI is InChI=1S/C24H24N4O2S/c1-27-21(25-18-7-3-2-6-17(18)24(27)30)10-11-22(29)28-14-12-16(13-15-28)23-26-19-8-4-5-9-20(19)31-23/h2-9,16H,10-15H2,1H3. The Kier molecular flexibility index (Phi) is 5.28. The second-order valence-corrected chi connectivity index (χ2v) is 9.15. The van der Waals surface area contributed by atoms with Gasteiger partial charge in [-0.05, 0) is 37.1 Å². The average Bonchev–Trinajstić information content (AvgIpc) is 3.25. The molecule has 6 nitrogen and oxygen atoms in total. The molecule has 4 aromatic rings. The van der Waals surface area contributed by atoms with Crippen LogP contribution in [0.25, 0.3) is 21.1 Å². The Bertz CT molecular complexity index is 1290. The van der Waals surface area contributed by atoms with Gasteiger partial charge in [0.25, 0.3) is 5.56 Å². The maximum atomic E-state index is 12.8. The van der Waals surface area contributed by atoms with Crippen LogP contribution < -0.4 is 5.56 Å². The van der Waals surface area contributed by atoms with Crippen molar-refractivity contribution in [3.63, 3.8) is 0 Å². The third-order valence-corrected chi connectivity index (χ3v) is 7.34. The summed E-state index contributed by atoms with van der Waals surface area (Å²) in [5, 5.41) is 1.79. The summed E-state index contributed by atoms with van der Waals surface area (Å²) in [5.74, 6) is 1.20. The monoisotopic (exact) mass is 432 g/mol. The van der Waals surface area contributed by atoms with E-state index in [9.17, 15) is 9.59 Å². The van der Waals surface area contributed by atoms with Crippen LogP contribution in [0, 0.1) is 0 Å². The molecule has 31 heavy (non-hydrogen) atoms. The third kappa shape index (κ3) is 3.85. The molecule has 1 fully saturated rings. The van der Waals surface area contributed by atoms with Crippen molar-refractivity contribution in [3.05, 3.63) is 69.7 Å². The van der Waals surface area contributed by atoms with E-state index in [2.05, 4.69) is 17.1 Å². The number of amides is 1. The summed E-state index contributed by atoms with van der Waals surface area (Å²) in [6.07, 6.45) is 2.72. The molecule has 2 aromatic heterocycles. The maximum Gasteiger partial charge on any atom is 0.261 e. The van der Waals surface area contributed by atoms with E-state index in [1.165, 1.54) is 9.71 Å². The summed E-state index contributed by atoms with van der Waals surface area (Å²) >= 11 is 1.77. The van der Waals surface area contributed by atoms with Gasteiger partial charge < -0.3 is 4.90 Å². The van der Waals surface area contributed by atoms with Gasteiger partial charge in [0.2, 0.25) is 5.91 Å². The third-order valence-electron chi connectivity index (χ3n) is 6.15. The lowest BCUT2D eigenvalue weighted by atomic mass is 9.97. The van der Waals surface area contributed by atoms with Crippen molar-refractivity contribution < 1.29 is 4.79 Å². The first-order chi connectivity index (χ1) is 15.1. The number of carbonyl (C=O) groups excluding carboxylic acids is 1. The molecule has 0 unspecified atom stereocenters. The molecule has 5 rings (SSSR count). The van der Waals surface area contributed by atoms with Gasteiger partial charge in [0, 0.05) is 38.9 Å². The van der Waals surface area contributed by atoms with E-state index in [-0.39, 0.29) is 11.5 Å². The zero-order valence-corrected chi connectivity index (χ0v) is 18.3. The van der Waals surface area contributed by atoms with Crippen LogP contribution in [-0.2, 0) is 18.3 Å². The van der Waals surface area contributed by atoms with Gasteiger partial charge in [0.1, 0.15) is 5.82 Å². The molecule has 158 valence electrons. The molecule has 0 saturated carbocycles. The van der Waals surface area contributed by atoms with Crippen LogP contribution in [0.3, 0.4) is 0 Å². The Morgan fingerprint density at radius 2 is 1.74 bits per heavy atom. The number of fused-ring (bicyclic) bond motifs is 2. The van der Waals surface area contributed by atoms with Gasteiger partial charge in [-0.25, -0.2) is 9.97 Å². The molecule has 1 aliphatic rings. The SMILES string of the molecule is Cn1c(CCC(=O)N2CCC(c3nc4ccccc4s3)CC2)nc2ccccc2c1=O. The number of hydrogen-bond acceptors (Lipinski definition) is 5. The number of likely N-dealkylation sites (tertiary alicyclic amines) is 1. The van der Waals surface area contributed by atoms with Gasteiger partial charge in [-0.1, -0.05) is 24.3 Å². The predicted octanol–water partition coefficient (Wildman–Crippen LogP) is 3.88. The van der Waals surface area contributed by atoms with Crippen LogP contribution in [0.5, 0.6) is 0 Å². The van der Waals surface area contributed by atoms with E-state index in [1.807, 2.05) is 35.2 Å². The Morgan fingerprint density at radius 1 is 1.03 bits per heavy atom. The van der Waals surface area contributed by atoms with Gasteiger partial charge in [0.05, 0.1) is 26.1 Å². The molecule has 0 aliphatic carbocycles. The smallest absolute Gasteiger partial charge is 0.261 e. The highest BCUT2D eigenvalue weighted by molar-refractivity contribution is 7.18. The lowest BCUT2D eigenvalue weighted by molar-refractivity contribution is -0.132. The molecule has 0 spiro atoms. The highest BCUT2D eigenvalue weighted by Crippen LogP contribution is 2.33. The number of benzene rings is 2. The van der Waals surface area contributed by atoms with Crippen LogP contribution in [0.2, 0.25) is 0 Å². The van der Waals surface area contributed by atoms with Crippen molar-refractivity contribution in [2.45, 2.75) is 31.6 Å². The molecule has 1 amide bonds. The summed E-state index contributed by atoms with van der Waals surface area (Å²) in [5.41, 5.74) is 1.68. The number of carbonyl (C=O) groups is 1. The van der Waals surface area contributed by atoms with Gasteiger partial charge in [-0.2, -0.15) is 0 Å². The molecule has 0 radical (unpaired) electrons. The number of thiazole rings is 1. The van der Waals surface area contributed by atoms with Crippen molar-refractivity contribution in [3.8, 4) is 0 Å². The van der Waals surface area contributed by atoms with Gasteiger partial charge in [-0.3, -0.25) is 14.2 Å². The van der Waals surface area contributed by atoms with Crippen molar-refractivity contribution in [2.24, 2.45) is 7.05 Å². The molecule has 0 bridgehead atoms. The maximum absolute atomic E-state index is 12.8. The first-order valence-electron chi connectivity index (χ1n) is 10.7. The van der Waals surface area contributed by atoms with Crippen molar-refractivity contribution >= 4 is 38.4 Å². The molecule has 7 heteroatoms. The fourth-order valence-electron chi connectivity index (χ4n) is 4.30. The predicted molar refractivity (Wildman–Crippen MR) is 123 cm³/mol. The van der Waals surface area contributed by atoms with Crippen LogP contribution in [0.4, 0.5) is 0 Å². The van der Waals surface area contributed by atoms with Crippen LogP contribution in [-0.4, -0.2) is 38.4 Å². The fourth-order valence-corrected chi connectivity index (χ4v) is 5.44. The van der Waals surface area contributed by atoms with Crippen LogP contribution >= 0.6 is 11.3 Å². The minimum Gasteiger partial charge on any atom is -0.343 e. The topological polar surface area (TPSA) is 68.1 Å². The first-order valence-corrected chi connectivity index (χ1v) is 11.5. The largest absolute Gasteiger partial charge is 0.343 e. The minimum absolute atomic E-state index is 0.0651. The summed E-state index contributed by atoms with van der Waals surface area (Å²) in [6, 6.07) is 15.6. The van der Waals surface area contributed by atoms with Gasteiger partial charge >= 0.3 is 0 Å². The second kappa shape index (κ2) is 8.23. The number of para-hydroxylation sites is 2. The Balaban J connectivity index is 1.22. The molecule has 1 saturated heterocycles. The number of rotatable bonds is 4. The molecule has 0 N–H and O–H groups in total. The minimum atomic E-state index is -0.0651. The Hall–Kier alpha value is -3.06. The molecule has 3 heterocycles. The molecule has 1 aliphatic heterocycles.